The maximum Gasteiger partial charge on any atom is 0.416 e. The highest BCUT2D eigenvalue weighted by Gasteiger charge is 2.34. The molecule has 0 bridgehead atoms. The van der Waals surface area contributed by atoms with Gasteiger partial charge in [0.25, 0.3) is 11.1 Å². The number of hydrogen-bond donors (Lipinski definition) is 1. The molecule has 8 heteroatoms. The second-order valence-corrected chi connectivity index (χ2v) is 4.60. The van der Waals surface area contributed by atoms with Crippen molar-refractivity contribution in [3.8, 4) is 0 Å². The SMILES string of the molecule is O=C1NC(=O)C(=Cc2cc(F)ccc2C(F)(F)F)S1. The lowest BCUT2D eigenvalue weighted by Crippen LogP contribution is -2.18. The molecular weight excluding hydrogens is 286 g/mol. The fourth-order valence-electron chi connectivity index (χ4n) is 1.47. The van der Waals surface area contributed by atoms with E-state index in [1.54, 1.807) is 0 Å². The number of benzene rings is 1. The smallest absolute Gasteiger partial charge is 0.282 e. The van der Waals surface area contributed by atoms with Crippen molar-refractivity contribution in [2.75, 3.05) is 0 Å². The van der Waals surface area contributed by atoms with Crippen LogP contribution in [0.4, 0.5) is 22.4 Å². The Morgan fingerprint density at radius 1 is 1.21 bits per heavy atom. The van der Waals surface area contributed by atoms with Crippen LogP contribution in [0.2, 0.25) is 0 Å². The highest BCUT2D eigenvalue weighted by atomic mass is 32.2. The number of rotatable bonds is 1. The van der Waals surface area contributed by atoms with Crippen molar-refractivity contribution in [2.45, 2.75) is 6.18 Å². The number of alkyl halides is 3. The third kappa shape index (κ3) is 2.95. The fraction of sp³-hybridized carbons (Fsp3) is 0.0909. The molecule has 0 spiro atoms. The minimum atomic E-state index is -4.68. The number of hydrogen-bond acceptors (Lipinski definition) is 3. The van der Waals surface area contributed by atoms with Crippen molar-refractivity contribution >= 4 is 29.0 Å². The van der Waals surface area contributed by atoms with Gasteiger partial charge in [0.15, 0.2) is 0 Å². The Morgan fingerprint density at radius 3 is 2.42 bits per heavy atom. The molecule has 0 aromatic heterocycles. The maximum absolute atomic E-state index is 13.0. The lowest BCUT2D eigenvalue weighted by atomic mass is 10.1. The second-order valence-electron chi connectivity index (χ2n) is 3.58. The Morgan fingerprint density at radius 2 is 1.89 bits per heavy atom. The third-order valence-electron chi connectivity index (χ3n) is 2.25. The zero-order valence-electron chi connectivity index (χ0n) is 9.05. The minimum Gasteiger partial charge on any atom is -0.282 e. The van der Waals surface area contributed by atoms with Gasteiger partial charge in [0.05, 0.1) is 10.5 Å². The molecule has 0 aliphatic carbocycles. The molecule has 3 nitrogen and oxygen atoms in total. The van der Waals surface area contributed by atoms with Gasteiger partial charge in [-0.3, -0.25) is 14.9 Å². The quantitative estimate of drug-likeness (QED) is 0.638. The van der Waals surface area contributed by atoms with E-state index in [2.05, 4.69) is 0 Å². The Balaban J connectivity index is 2.50. The molecule has 0 radical (unpaired) electrons. The summed E-state index contributed by atoms with van der Waals surface area (Å²) in [4.78, 5) is 21.9. The summed E-state index contributed by atoms with van der Waals surface area (Å²) in [6.45, 7) is 0. The number of thioether (sulfide) groups is 1. The van der Waals surface area contributed by atoms with Crippen LogP contribution in [0.3, 0.4) is 0 Å². The molecular formula is C11H5F4NO2S. The molecule has 19 heavy (non-hydrogen) atoms. The van der Waals surface area contributed by atoms with E-state index < -0.39 is 34.3 Å². The van der Waals surface area contributed by atoms with Gasteiger partial charge < -0.3 is 0 Å². The first-order valence-corrected chi connectivity index (χ1v) is 5.70. The molecule has 1 aromatic carbocycles. The predicted molar refractivity (Wildman–Crippen MR) is 60.5 cm³/mol. The summed E-state index contributed by atoms with van der Waals surface area (Å²) < 4.78 is 51.1. The van der Waals surface area contributed by atoms with E-state index in [0.29, 0.717) is 30.0 Å². The molecule has 2 rings (SSSR count). The topological polar surface area (TPSA) is 46.2 Å². The van der Waals surface area contributed by atoms with Crippen molar-refractivity contribution in [2.24, 2.45) is 0 Å². The molecule has 1 aliphatic heterocycles. The lowest BCUT2D eigenvalue weighted by Gasteiger charge is -2.10. The van der Waals surface area contributed by atoms with E-state index in [-0.39, 0.29) is 4.91 Å². The van der Waals surface area contributed by atoms with Crippen molar-refractivity contribution in [1.29, 1.82) is 0 Å². The zero-order valence-corrected chi connectivity index (χ0v) is 9.86. The zero-order chi connectivity index (χ0) is 14.2. The van der Waals surface area contributed by atoms with Gasteiger partial charge in [-0.2, -0.15) is 13.2 Å². The summed E-state index contributed by atoms with van der Waals surface area (Å²) in [5.41, 5.74) is -1.58. The van der Waals surface area contributed by atoms with Crippen LogP contribution >= 0.6 is 11.8 Å². The highest BCUT2D eigenvalue weighted by molar-refractivity contribution is 8.18. The van der Waals surface area contributed by atoms with Gasteiger partial charge in [-0.05, 0) is 41.6 Å². The van der Waals surface area contributed by atoms with Gasteiger partial charge >= 0.3 is 6.18 Å². The Bertz CT molecular complexity index is 595. The average Bonchev–Trinajstić information content (AvgIpc) is 2.55. The standard InChI is InChI=1S/C11H5F4NO2S/c12-6-1-2-7(11(13,14)15)5(3-6)4-8-9(17)16-10(18)19-8/h1-4H,(H,16,17,18). The number of imide groups is 1. The van der Waals surface area contributed by atoms with Crippen molar-refractivity contribution in [3.63, 3.8) is 0 Å². The monoisotopic (exact) mass is 291 g/mol. The van der Waals surface area contributed by atoms with Gasteiger partial charge in [-0.25, -0.2) is 4.39 Å². The summed E-state index contributed by atoms with van der Waals surface area (Å²) in [5, 5.41) is 1.22. The minimum absolute atomic E-state index is 0.207. The molecule has 0 unspecified atom stereocenters. The second kappa shape index (κ2) is 4.69. The molecule has 1 aliphatic rings. The van der Waals surface area contributed by atoms with Gasteiger partial charge in [0.1, 0.15) is 5.82 Å². The predicted octanol–water partition coefficient (Wildman–Crippen LogP) is 3.17. The van der Waals surface area contributed by atoms with Crippen LogP contribution in [0.1, 0.15) is 11.1 Å². The maximum atomic E-state index is 13.0. The molecule has 0 saturated carbocycles. The molecule has 1 fully saturated rings. The first-order chi connectivity index (χ1) is 8.77. The van der Waals surface area contributed by atoms with Crippen LogP contribution in [0.15, 0.2) is 23.1 Å². The van der Waals surface area contributed by atoms with Crippen molar-refractivity contribution in [3.05, 3.63) is 40.0 Å². The Hall–Kier alpha value is -1.83. The Kier molecular flexibility index (Phi) is 3.36. The van der Waals surface area contributed by atoms with E-state index >= 15 is 0 Å². The van der Waals surface area contributed by atoms with Crippen LogP contribution in [0.25, 0.3) is 6.08 Å². The molecule has 100 valence electrons. The molecule has 2 amide bonds. The van der Waals surface area contributed by atoms with Crippen LogP contribution in [-0.4, -0.2) is 11.1 Å². The van der Waals surface area contributed by atoms with Crippen LogP contribution < -0.4 is 5.32 Å². The van der Waals surface area contributed by atoms with Gasteiger partial charge in [-0.15, -0.1) is 0 Å². The summed E-state index contributed by atoms with van der Waals surface area (Å²) in [5.74, 6) is -1.66. The number of carbonyl (C=O) groups excluding carboxylic acids is 2. The number of halogens is 4. The van der Waals surface area contributed by atoms with E-state index in [1.165, 1.54) is 0 Å². The van der Waals surface area contributed by atoms with Crippen LogP contribution in [0, 0.1) is 5.82 Å². The molecule has 1 heterocycles. The normalized spacial score (nSPS) is 18.0. The van der Waals surface area contributed by atoms with E-state index in [4.69, 9.17) is 0 Å². The van der Waals surface area contributed by atoms with Crippen molar-refractivity contribution in [1.82, 2.24) is 5.32 Å². The first kappa shape index (κ1) is 13.6. The molecule has 0 atom stereocenters. The highest BCUT2D eigenvalue weighted by Crippen LogP contribution is 2.35. The summed E-state index contributed by atoms with van der Waals surface area (Å²) in [6, 6.07) is 1.92. The number of nitrogens with one attached hydrogen (secondary N) is 1. The molecule has 1 N–H and O–H groups in total. The average molecular weight is 291 g/mol. The summed E-state index contributed by atoms with van der Waals surface area (Å²) >= 11 is 0.465. The number of carbonyl (C=O) groups is 2. The molecule has 1 aromatic rings. The van der Waals surface area contributed by atoms with E-state index in [0.717, 1.165) is 6.08 Å². The number of amides is 2. The fourth-order valence-corrected chi connectivity index (χ4v) is 2.15. The summed E-state index contributed by atoms with van der Waals surface area (Å²) in [7, 11) is 0. The van der Waals surface area contributed by atoms with Gasteiger partial charge in [0, 0.05) is 0 Å². The van der Waals surface area contributed by atoms with Gasteiger partial charge in [0.2, 0.25) is 0 Å². The Labute approximate surface area is 108 Å². The molecule has 1 saturated heterocycles. The first-order valence-electron chi connectivity index (χ1n) is 4.89. The lowest BCUT2D eigenvalue weighted by molar-refractivity contribution is -0.137. The van der Waals surface area contributed by atoms with E-state index in [1.807, 2.05) is 5.32 Å². The van der Waals surface area contributed by atoms with Crippen LogP contribution in [0.5, 0.6) is 0 Å². The third-order valence-corrected chi connectivity index (χ3v) is 3.06. The largest absolute Gasteiger partial charge is 0.416 e. The van der Waals surface area contributed by atoms with Gasteiger partial charge in [-0.1, -0.05) is 0 Å². The summed E-state index contributed by atoms with van der Waals surface area (Å²) in [6.07, 6.45) is -3.83. The van der Waals surface area contributed by atoms with Crippen molar-refractivity contribution < 1.29 is 27.2 Å². The van der Waals surface area contributed by atoms with Crippen LogP contribution in [-0.2, 0) is 11.0 Å². The van der Waals surface area contributed by atoms with E-state index in [9.17, 15) is 27.2 Å².